The van der Waals surface area contributed by atoms with E-state index in [4.69, 9.17) is 5.73 Å². The maximum atomic E-state index is 5.26. The standard InChI is InChI=1S/C7H12N2.C2H6/c1-6(8)4-5-7(2)9-3;1-2/h4-5H,1,8H2,2-3H3;1-2H3/b5-4-,9-7?;. The summed E-state index contributed by atoms with van der Waals surface area (Å²) in [5, 5.41) is 0. The molecule has 0 radical (unpaired) electrons. The molecule has 0 fully saturated rings. The quantitative estimate of drug-likeness (QED) is 0.480. The largest absolute Gasteiger partial charge is 0.399 e. The van der Waals surface area contributed by atoms with Crippen molar-refractivity contribution in [3.8, 4) is 0 Å². The summed E-state index contributed by atoms with van der Waals surface area (Å²) in [6, 6.07) is 0. The van der Waals surface area contributed by atoms with E-state index in [1.54, 1.807) is 13.1 Å². The summed E-state index contributed by atoms with van der Waals surface area (Å²) in [5.41, 5.74) is 6.76. The second-order valence-electron chi connectivity index (χ2n) is 1.77. The molecule has 2 N–H and O–H groups in total. The summed E-state index contributed by atoms with van der Waals surface area (Å²) in [6.45, 7) is 9.40. The molecule has 0 saturated heterocycles. The third-order valence-electron chi connectivity index (χ3n) is 0.891. The first-order valence-electron chi connectivity index (χ1n) is 3.72. The predicted molar refractivity (Wildman–Crippen MR) is 52.8 cm³/mol. The van der Waals surface area contributed by atoms with Crippen molar-refractivity contribution in [1.29, 1.82) is 0 Å². The lowest BCUT2D eigenvalue weighted by molar-refractivity contribution is 1.42. The van der Waals surface area contributed by atoms with Crippen molar-refractivity contribution in [2.45, 2.75) is 20.8 Å². The first-order chi connectivity index (χ1) is 5.16. The van der Waals surface area contributed by atoms with Crippen molar-refractivity contribution in [2.24, 2.45) is 10.7 Å². The molecule has 0 aliphatic rings. The summed E-state index contributed by atoms with van der Waals surface area (Å²) in [6.07, 6.45) is 3.55. The van der Waals surface area contributed by atoms with Crippen molar-refractivity contribution >= 4 is 5.71 Å². The Balaban J connectivity index is 0. The van der Waals surface area contributed by atoms with Gasteiger partial charge in [-0.3, -0.25) is 4.99 Å². The van der Waals surface area contributed by atoms with Crippen LogP contribution in [-0.4, -0.2) is 12.8 Å². The monoisotopic (exact) mass is 154 g/mol. The van der Waals surface area contributed by atoms with Crippen LogP contribution in [-0.2, 0) is 0 Å². The Morgan fingerprint density at radius 2 is 1.82 bits per heavy atom. The minimum atomic E-state index is 0.554. The molecule has 64 valence electrons. The highest BCUT2D eigenvalue weighted by Crippen LogP contribution is 1.83. The molecule has 0 saturated carbocycles. The highest BCUT2D eigenvalue weighted by Gasteiger charge is 1.77. The van der Waals surface area contributed by atoms with Crippen molar-refractivity contribution in [3.05, 3.63) is 24.4 Å². The molecule has 0 aliphatic carbocycles. The molecule has 0 aliphatic heterocycles. The molecule has 0 spiro atoms. The second kappa shape index (κ2) is 8.95. The van der Waals surface area contributed by atoms with Crippen LogP contribution in [0.1, 0.15) is 20.8 Å². The zero-order valence-corrected chi connectivity index (χ0v) is 7.89. The van der Waals surface area contributed by atoms with Gasteiger partial charge in [0.2, 0.25) is 0 Å². The predicted octanol–water partition coefficient (Wildman–Crippen LogP) is 2.13. The lowest BCUT2D eigenvalue weighted by Crippen LogP contribution is -1.90. The molecule has 0 atom stereocenters. The third-order valence-corrected chi connectivity index (χ3v) is 0.891. The average Bonchev–Trinajstić information content (AvgIpc) is 2.04. The fourth-order valence-electron chi connectivity index (χ4n) is 0.302. The van der Waals surface area contributed by atoms with E-state index >= 15 is 0 Å². The Hall–Kier alpha value is -1.05. The molecule has 0 heterocycles. The van der Waals surface area contributed by atoms with Crippen LogP contribution in [0.4, 0.5) is 0 Å². The zero-order chi connectivity index (χ0) is 9.28. The van der Waals surface area contributed by atoms with Gasteiger partial charge in [0.05, 0.1) is 0 Å². The van der Waals surface area contributed by atoms with Crippen molar-refractivity contribution < 1.29 is 0 Å². The van der Waals surface area contributed by atoms with Crippen LogP contribution in [0.25, 0.3) is 0 Å². The second-order valence-corrected chi connectivity index (χ2v) is 1.77. The molecule has 0 amide bonds. The van der Waals surface area contributed by atoms with Gasteiger partial charge in [0, 0.05) is 18.5 Å². The number of aliphatic imine (C=N–C) groups is 1. The number of hydrogen-bond acceptors (Lipinski definition) is 2. The fourth-order valence-corrected chi connectivity index (χ4v) is 0.302. The van der Waals surface area contributed by atoms with Gasteiger partial charge in [0.25, 0.3) is 0 Å². The minimum absolute atomic E-state index is 0.554. The number of nitrogens with two attached hydrogens (primary N) is 1. The molecule has 0 unspecified atom stereocenters. The van der Waals surface area contributed by atoms with Gasteiger partial charge >= 0.3 is 0 Å². The van der Waals surface area contributed by atoms with Gasteiger partial charge in [-0.1, -0.05) is 20.4 Å². The average molecular weight is 154 g/mol. The van der Waals surface area contributed by atoms with Gasteiger partial charge in [-0.2, -0.15) is 0 Å². The molecule has 0 rings (SSSR count). The van der Waals surface area contributed by atoms with E-state index < -0.39 is 0 Å². The highest BCUT2D eigenvalue weighted by molar-refractivity contribution is 5.92. The zero-order valence-electron chi connectivity index (χ0n) is 7.89. The van der Waals surface area contributed by atoms with E-state index in [-0.39, 0.29) is 0 Å². The minimum Gasteiger partial charge on any atom is -0.399 e. The summed E-state index contributed by atoms with van der Waals surface area (Å²) < 4.78 is 0. The Bertz CT molecular complexity index is 155. The van der Waals surface area contributed by atoms with E-state index in [9.17, 15) is 0 Å². The van der Waals surface area contributed by atoms with E-state index in [1.165, 1.54) is 0 Å². The maximum Gasteiger partial charge on any atom is 0.0314 e. The smallest absolute Gasteiger partial charge is 0.0314 e. The maximum absolute atomic E-state index is 5.26. The number of nitrogens with zero attached hydrogens (tertiary/aromatic N) is 1. The van der Waals surface area contributed by atoms with Crippen LogP contribution in [0.15, 0.2) is 29.4 Å². The van der Waals surface area contributed by atoms with Crippen LogP contribution >= 0.6 is 0 Å². The first-order valence-corrected chi connectivity index (χ1v) is 3.72. The molecule has 0 bridgehead atoms. The SMILES string of the molecule is C=C(N)/C=C\C(C)=NC.CC. The van der Waals surface area contributed by atoms with Crippen molar-refractivity contribution in [3.63, 3.8) is 0 Å². The van der Waals surface area contributed by atoms with Crippen LogP contribution in [0.2, 0.25) is 0 Å². The molecule has 0 aromatic carbocycles. The van der Waals surface area contributed by atoms with Gasteiger partial charge in [-0.25, -0.2) is 0 Å². The lowest BCUT2D eigenvalue weighted by atomic mass is 10.3. The summed E-state index contributed by atoms with van der Waals surface area (Å²) >= 11 is 0. The van der Waals surface area contributed by atoms with Crippen LogP contribution in [0.5, 0.6) is 0 Å². The Morgan fingerprint density at radius 1 is 1.36 bits per heavy atom. The van der Waals surface area contributed by atoms with Gasteiger partial charge in [-0.15, -0.1) is 0 Å². The number of hydrogen-bond donors (Lipinski definition) is 1. The van der Waals surface area contributed by atoms with Gasteiger partial charge in [-0.05, 0) is 19.1 Å². The van der Waals surface area contributed by atoms with Gasteiger partial charge < -0.3 is 5.73 Å². The number of rotatable bonds is 2. The number of allylic oxidation sites excluding steroid dienone is 2. The summed E-state index contributed by atoms with van der Waals surface area (Å²) in [7, 11) is 1.74. The van der Waals surface area contributed by atoms with E-state index in [1.807, 2.05) is 26.8 Å². The topological polar surface area (TPSA) is 38.4 Å². The highest BCUT2D eigenvalue weighted by atomic mass is 14.7. The van der Waals surface area contributed by atoms with Crippen LogP contribution in [0, 0.1) is 0 Å². The summed E-state index contributed by atoms with van der Waals surface area (Å²) in [5.74, 6) is 0. The molecule has 0 aromatic rings. The van der Waals surface area contributed by atoms with Crippen molar-refractivity contribution in [1.82, 2.24) is 0 Å². The molecule has 0 aromatic heterocycles. The van der Waals surface area contributed by atoms with E-state index in [2.05, 4.69) is 11.6 Å². The summed E-state index contributed by atoms with van der Waals surface area (Å²) in [4.78, 5) is 3.89. The normalized spacial score (nSPS) is 10.7. The Morgan fingerprint density at radius 3 is 2.09 bits per heavy atom. The molecule has 2 heteroatoms. The molecular weight excluding hydrogens is 136 g/mol. The van der Waals surface area contributed by atoms with E-state index in [0.29, 0.717) is 5.70 Å². The Kier molecular flexibility index (Phi) is 10.3. The van der Waals surface area contributed by atoms with Gasteiger partial charge in [0.1, 0.15) is 0 Å². The third kappa shape index (κ3) is 12.2. The van der Waals surface area contributed by atoms with E-state index in [0.717, 1.165) is 5.71 Å². The van der Waals surface area contributed by atoms with Crippen molar-refractivity contribution in [2.75, 3.05) is 7.05 Å². The van der Waals surface area contributed by atoms with Gasteiger partial charge in [0.15, 0.2) is 0 Å². The Labute approximate surface area is 69.5 Å². The molecule has 2 nitrogen and oxygen atoms in total. The lowest BCUT2D eigenvalue weighted by Gasteiger charge is -1.86. The van der Waals surface area contributed by atoms with Crippen LogP contribution in [0.3, 0.4) is 0 Å². The molecular formula is C9H18N2. The van der Waals surface area contributed by atoms with Crippen LogP contribution < -0.4 is 5.73 Å². The molecule has 11 heavy (non-hydrogen) atoms. The first kappa shape index (κ1) is 12.6. The fraction of sp³-hybridized carbons (Fsp3) is 0.444.